The Morgan fingerprint density at radius 3 is 1.73 bits per heavy atom. The van der Waals surface area contributed by atoms with Crippen molar-refractivity contribution in [1.29, 1.82) is 0 Å². The minimum absolute atomic E-state index is 0.310. The lowest BCUT2D eigenvalue weighted by Gasteiger charge is -2.13. The molecule has 0 aliphatic heterocycles. The summed E-state index contributed by atoms with van der Waals surface area (Å²) < 4.78 is 64.9. The summed E-state index contributed by atoms with van der Waals surface area (Å²) in [6.07, 6.45) is -7.88. The second-order valence-corrected chi connectivity index (χ2v) is 2.93. The fourth-order valence-electron chi connectivity index (χ4n) is 0.919. The number of ether oxygens (including phenoxy) is 1. The molecular weight excluding hydrogens is 219 g/mol. The molecule has 0 saturated carbocycles. The topological polar surface area (TPSA) is 9.23 Å². The SMILES string of the molecule is CC(F)(F)Oc1ccc(C(F)(F)F)cc1. The quantitative estimate of drug-likeness (QED) is 0.698. The molecule has 1 aromatic carbocycles. The second-order valence-electron chi connectivity index (χ2n) is 2.93. The minimum atomic E-state index is -4.48. The maximum absolute atomic E-state index is 12.3. The largest absolute Gasteiger partial charge is 0.433 e. The third kappa shape index (κ3) is 3.73. The number of benzene rings is 1. The van der Waals surface area contributed by atoms with Gasteiger partial charge in [-0.2, -0.15) is 22.0 Å². The van der Waals surface area contributed by atoms with Gasteiger partial charge >= 0.3 is 12.3 Å². The van der Waals surface area contributed by atoms with Gasteiger partial charge in [-0.1, -0.05) is 0 Å². The molecule has 0 unspecified atom stereocenters. The second kappa shape index (κ2) is 3.67. The zero-order chi connectivity index (χ0) is 11.7. The average Bonchev–Trinajstić information content (AvgIpc) is 2.00. The summed E-state index contributed by atoms with van der Waals surface area (Å²) >= 11 is 0. The van der Waals surface area contributed by atoms with Crippen LogP contribution in [0.25, 0.3) is 0 Å². The predicted molar refractivity (Wildman–Crippen MR) is 42.7 cm³/mol. The molecule has 6 heteroatoms. The van der Waals surface area contributed by atoms with Gasteiger partial charge in [0.2, 0.25) is 0 Å². The molecule has 0 saturated heterocycles. The van der Waals surface area contributed by atoms with Gasteiger partial charge in [0.1, 0.15) is 5.75 Å². The van der Waals surface area contributed by atoms with Crippen molar-refractivity contribution in [3.05, 3.63) is 29.8 Å². The van der Waals surface area contributed by atoms with E-state index in [2.05, 4.69) is 4.74 Å². The Hall–Kier alpha value is -1.33. The van der Waals surface area contributed by atoms with Crippen molar-refractivity contribution in [2.24, 2.45) is 0 Å². The summed E-state index contributed by atoms with van der Waals surface area (Å²) in [5, 5.41) is 0. The number of rotatable bonds is 2. The smallest absolute Gasteiger partial charge is 0.416 e. The average molecular weight is 226 g/mol. The highest BCUT2D eigenvalue weighted by atomic mass is 19.4. The van der Waals surface area contributed by atoms with Gasteiger partial charge in [0, 0.05) is 6.92 Å². The van der Waals surface area contributed by atoms with Crippen LogP contribution < -0.4 is 4.74 Å². The van der Waals surface area contributed by atoms with E-state index >= 15 is 0 Å². The van der Waals surface area contributed by atoms with Crippen molar-refractivity contribution < 1.29 is 26.7 Å². The summed E-state index contributed by atoms with van der Waals surface area (Å²) in [5.74, 6) is -0.310. The standard InChI is InChI=1S/C9H7F5O/c1-8(10,11)15-7-4-2-6(3-5-7)9(12,13)14/h2-5H,1H3. The molecule has 0 bridgehead atoms. The van der Waals surface area contributed by atoms with E-state index < -0.39 is 17.8 Å². The lowest BCUT2D eigenvalue weighted by Crippen LogP contribution is -2.19. The number of hydrogen-bond donors (Lipinski definition) is 0. The summed E-state index contributed by atoms with van der Waals surface area (Å²) in [6, 6.07) is 3.06. The maximum Gasteiger partial charge on any atom is 0.416 e. The first-order chi connectivity index (χ1) is 6.68. The van der Waals surface area contributed by atoms with Gasteiger partial charge in [-0.15, -0.1) is 0 Å². The number of hydrogen-bond acceptors (Lipinski definition) is 1. The van der Waals surface area contributed by atoms with Crippen molar-refractivity contribution in [3.63, 3.8) is 0 Å². The van der Waals surface area contributed by atoms with E-state index in [1.54, 1.807) is 0 Å². The summed E-state index contributed by atoms with van der Waals surface area (Å²) in [4.78, 5) is 0. The highest BCUT2D eigenvalue weighted by molar-refractivity contribution is 5.28. The Balaban J connectivity index is 2.82. The maximum atomic E-state index is 12.3. The molecule has 0 atom stereocenters. The fraction of sp³-hybridized carbons (Fsp3) is 0.333. The van der Waals surface area contributed by atoms with Gasteiger partial charge in [-0.05, 0) is 24.3 Å². The molecule has 0 spiro atoms. The van der Waals surface area contributed by atoms with Crippen LogP contribution in [-0.4, -0.2) is 6.11 Å². The Morgan fingerprint density at radius 2 is 1.40 bits per heavy atom. The van der Waals surface area contributed by atoms with Crippen molar-refractivity contribution in [2.45, 2.75) is 19.2 Å². The number of halogens is 5. The van der Waals surface area contributed by atoms with Crippen LogP contribution in [0.3, 0.4) is 0 Å². The molecule has 1 rings (SSSR count). The highest BCUT2D eigenvalue weighted by Crippen LogP contribution is 2.31. The summed E-state index contributed by atoms with van der Waals surface area (Å²) in [7, 11) is 0. The lowest BCUT2D eigenvalue weighted by molar-refractivity contribution is -0.159. The molecular formula is C9H7F5O. The molecule has 1 aromatic rings. The number of alkyl halides is 5. The Bertz CT molecular complexity index is 322. The molecule has 0 aliphatic carbocycles. The molecule has 0 aromatic heterocycles. The van der Waals surface area contributed by atoms with Crippen LogP contribution in [0.1, 0.15) is 12.5 Å². The Morgan fingerprint density at radius 1 is 0.933 bits per heavy atom. The molecule has 0 N–H and O–H groups in total. The molecule has 1 nitrogen and oxygen atoms in total. The van der Waals surface area contributed by atoms with Gasteiger partial charge in [0.15, 0.2) is 0 Å². The van der Waals surface area contributed by atoms with Gasteiger partial charge in [0.05, 0.1) is 5.56 Å². The van der Waals surface area contributed by atoms with Crippen molar-refractivity contribution in [3.8, 4) is 5.75 Å². The van der Waals surface area contributed by atoms with Crippen LogP contribution in [0.2, 0.25) is 0 Å². The van der Waals surface area contributed by atoms with Gasteiger partial charge in [0.25, 0.3) is 0 Å². The Kier molecular flexibility index (Phi) is 2.88. The van der Waals surface area contributed by atoms with Crippen LogP contribution >= 0.6 is 0 Å². The monoisotopic (exact) mass is 226 g/mol. The highest BCUT2D eigenvalue weighted by Gasteiger charge is 2.30. The van der Waals surface area contributed by atoms with Crippen molar-refractivity contribution >= 4 is 0 Å². The molecule has 15 heavy (non-hydrogen) atoms. The van der Waals surface area contributed by atoms with Gasteiger partial charge in [-0.3, -0.25) is 0 Å². The molecule has 0 aliphatic rings. The molecule has 84 valence electrons. The summed E-state index contributed by atoms with van der Waals surface area (Å²) in [5.41, 5.74) is -0.908. The lowest BCUT2D eigenvalue weighted by atomic mass is 10.2. The van der Waals surface area contributed by atoms with Crippen LogP contribution in [0.5, 0.6) is 5.75 Å². The first-order valence-electron chi connectivity index (χ1n) is 3.92. The summed E-state index contributed by atoms with van der Waals surface area (Å²) in [6.45, 7) is 0.505. The third-order valence-electron chi connectivity index (χ3n) is 1.48. The molecule has 0 heterocycles. The zero-order valence-electron chi connectivity index (χ0n) is 7.61. The van der Waals surface area contributed by atoms with E-state index in [9.17, 15) is 22.0 Å². The molecule has 0 amide bonds. The normalized spacial score (nSPS) is 12.7. The first kappa shape index (κ1) is 11.7. The Labute approximate surface area is 82.5 Å². The van der Waals surface area contributed by atoms with Gasteiger partial charge < -0.3 is 4.74 Å². The van der Waals surface area contributed by atoms with Gasteiger partial charge in [-0.25, -0.2) is 0 Å². The van der Waals surface area contributed by atoms with E-state index in [4.69, 9.17) is 0 Å². The zero-order valence-corrected chi connectivity index (χ0v) is 7.61. The van der Waals surface area contributed by atoms with Crippen LogP contribution in [0.4, 0.5) is 22.0 Å². The van der Waals surface area contributed by atoms with Crippen LogP contribution in [-0.2, 0) is 6.18 Å². The predicted octanol–water partition coefficient (Wildman–Crippen LogP) is 3.70. The van der Waals surface area contributed by atoms with E-state index in [-0.39, 0.29) is 5.75 Å². The van der Waals surface area contributed by atoms with E-state index in [0.717, 1.165) is 12.1 Å². The van der Waals surface area contributed by atoms with Crippen LogP contribution in [0.15, 0.2) is 24.3 Å². The van der Waals surface area contributed by atoms with E-state index in [1.165, 1.54) is 0 Å². The van der Waals surface area contributed by atoms with E-state index in [1.807, 2.05) is 0 Å². The van der Waals surface area contributed by atoms with Crippen molar-refractivity contribution in [2.75, 3.05) is 0 Å². The van der Waals surface area contributed by atoms with Crippen molar-refractivity contribution in [1.82, 2.24) is 0 Å². The molecule has 0 fully saturated rings. The first-order valence-corrected chi connectivity index (χ1v) is 3.92. The van der Waals surface area contributed by atoms with Crippen LogP contribution in [0, 0.1) is 0 Å². The third-order valence-corrected chi connectivity index (χ3v) is 1.48. The van der Waals surface area contributed by atoms with E-state index in [0.29, 0.717) is 19.1 Å². The molecule has 0 radical (unpaired) electrons. The minimum Gasteiger partial charge on any atom is -0.433 e. The fourth-order valence-corrected chi connectivity index (χ4v) is 0.919.